The molecular weight excluding hydrogens is 466 g/mol. The molecular formula is C21H25N5O5S2. The first-order chi connectivity index (χ1) is 15.7. The van der Waals surface area contributed by atoms with Crippen LogP contribution in [0.25, 0.3) is 5.69 Å². The van der Waals surface area contributed by atoms with E-state index in [1.54, 1.807) is 6.92 Å². The highest BCUT2D eigenvalue weighted by Crippen LogP contribution is 2.49. The zero-order chi connectivity index (χ0) is 24.0. The highest BCUT2D eigenvalue weighted by molar-refractivity contribution is 8.00. The zero-order valence-electron chi connectivity index (χ0n) is 19.0. The predicted molar refractivity (Wildman–Crippen MR) is 122 cm³/mol. The number of fused-ring (bicyclic) bond motifs is 1. The van der Waals surface area contributed by atoms with Crippen LogP contribution in [0, 0.1) is 5.92 Å². The van der Waals surface area contributed by atoms with Crippen LogP contribution in [0.1, 0.15) is 27.2 Å². The van der Waals surface area contributed by atoms with Crippen LogP contribution < -0.4 is 0 Å². The Morgan fingerprint density at radius 3 is 2.52 bits per heavy atom. The minimum Gasteiger partial charge on any atom is -0.497 e. The summed E-state index contributed by atoms with van der Waals surface area (Å²) in [6, 6.07) is 9.21. The Balaban J connectivity index is 1.75. The summed E-state index contributed by atoms with van der Waals surface area (Å²) in [4.78, 5) is 13.3. The number of aromatic nitrogens is 4. The second-order valence-corrected chi connectivity index (χ2v) is 10.9. The highest BCUT2D eigenvalue weighted by Gasteiger charge is 2.54. The number of methoxy groups -OCH3 is 2. The molecule has 1 aromatic heterocycles. The van der Waals surface area contributed by atoms with Crippen LogP contribution in [-0.4, -0.2) is 64.5 Å². The number of thioether (sulfide) groups is 1. The third-order valence-corrected chi connectivity index (χ3v) is 8.70. The van der Waals surface area contributed by atoms with Crippen molar-refractivity contribution in [3.05, 3.63) is 52.1 Å². The fourth-order valence-corrected chi connectivity index (χ4v) is 7.03. The number of amides is 1. The number of carbonyl (C=O) groups is 1. The maximum atomic E-state index is 13.6. The molecule has 1 aliphatic carbocycles. The lowest BCUT2D eigenvalue weighted by atomic mass is 9.80. The van der Waals surface area contributed by atoms with Gasteiger partial charge in [0.15, 0.2) is 0 Å². The number of hydrogen-bond acceptors (Lipinski definition) is 9. The van der Waals surface area contributed by atoms with Crippen LogP contribution in [0.15, 0.2) is 57.3 Å². The number of carbonyl (C=O) groups excluding carboxylic acids is 1. The fourth-order valence-electron chi connectivity index (χ4n) is 4.07. The molecule has 33 heavy (non-hydrogen) atoms. The van der Waals surface area contributed by atoms with E-state index in [4.69, 9.17) is 9.47 Å². The first-order valence-corrected chi connectivity index (χ1v) is 12.7. The summed E-state index contributed by atoms with van der Waals surface area (Å²) in [6.07, 6.45) is 0.359. The van der Waals surface area contributed by atoms with Gasteiger partial charge in [-0.05, 0) is 35.4 Å². The maximum Gasteiger partial charge on any atom is 0.271 e. The van der Waals surface area contributed by atoms with Gasteiger partial charge in [0.1, 0.15) is 16.3 Å². The van der Waals surface area contributed by atoms with Gasteiger partial charge in [0.05, 0.1) is 24.2 Å². The zero-order valence-corrected chi connectivity index (χ0v) is 20.6. The monoisotopic (exact) mass is 491 g/mol. The number of hydrogen-bond donors (Lipinski definition) is 0. The Kier molecular flexibility index (Phi) is 6.10. The van der Waals surface area contributed by atoms with E-state index in [2.05, 4.69) is 15.5 Å². The van der Waals surface area contributed by atoms with Crippen molar-refractivity contribution in [2.24, 2.45) is 5.92 Å². The van der Waals surface area contributed by atoms with Crippen molar-refractivity contribution in [1.29, 1.82) is 0 Å². The van der Waals surface area contributed by atoms with Gasteiger partial charge in [-0.2, -0.15) is 4.68 Å². The van der Waals surface area contributed by atoms with Crippen molar-refractivity contribution in [2.75, 3.05) is 20.1 Å². The number of nitrogens with zero attached hydrogens (tertiary/aromatic N) is 5. The predicted octanol–water partition coefficient (Wildman–Crippen LogP) is 2.50. The highest BCUT2D eigenvalue weighted by atomic mass is 32.2. The molecule has 2 aliphatic rings. The molecule has 1 saturated heterocycles. The lowest BCUT2D eigenvalue weighted by Gasteiger charge is -2.36. The number of tetrazole rings is 1. The minimum absolute atomic E-state index is 0.0555. The average Bonchev–Trinajstić information content (AvgIpc) is 3.33. The summed E-state index contributed by atoms with van der Waals surface area (Å²) in [5.74, 6) is -0.681. The Hall–Kier alpha value is -2.70. The topological polar surface area (TPSA) is 117 Å². The van der Waals surface area contributed by atoms with Crippen molar-refractivity contribution >= 4 is 27.7 Å². The molecule has 4 rings (SSSR count). The first kappa shape index (κ1) is 23.5. The van der Waals surface area contributed by atoms with Crippen LogP contribution in [-0.2, 0) is 24.3 Å². The van der Waals surface area contributed by atoms with Gasteiger partial charge in [0.2, 0.25) is 5.16 Å². The molecule has 0 N–H and O–H groups in total. The molecule has 12 heteroatoms. The molecule has 1 aliphatic heterocycles. The lowest BCUT2D eigenvalue weighted by Crippen LogP contribution is -2.37. The van der Waals surface area contributed by atoms with E-state index in [0.29, 0.717) is 11.6 Å². The van der Waals surface area contributed by atoms with E-state index in [1.165, 1.54) is 18.9 Å². The maximum absolute atomic E-state index is 13.6. The second-order valence-electron chi connectivity index (χ2n) is 8.17. The van der Waals surface area contributed by atoms with Crippen LogP contribution in [0.2, 0.25) is 0 Å². The van der Waals surface area contributed by atoms with Gasteiger partial charge in [0, 0.05) is 13.5 Å². The van der Waals surface area contributed by atoms with Gasteiger partial charge in [0.25, 0.3) is 15.9 Å². The minimum atomic E-state index is -4.17. The Morgan fingerprint density at radius 2 is 1.91 bits per heavy atom. The summed E-state index contributed by atoms with van der Waals surface area (Å²) >= 11 is 1.06. The molecule has 0 bridgehead atoms. The summed E-state index contributed by atoms with van der Waals surface area (Å²) in [6.45, 7) is 5.63. The summed E-state index contributed by atoms with van der Waals surface area (Å²) in [5.41, 5.74) is 0.630. The third-order valence-electron chi connectivity index (χ3n) is 5.86. The molecule has 10 nitrogen and oxygen atoms in total. The first-order valence-electron chi connectivity index (χ1n) is 10.3. The fraction of sp³-hybridized carbons (Fsp3) is 0.429. The van der Waals surface area contributed by atoms with Gasteiger partial charge in [-0.3, -0.25) is 4.79 Å². The number of rotatable bonds is 7. The molecule has 1 aromatic carbocycles. The van der Waals surface area contributed by atoms with Gasteiger partial charge >= 0.3 is 0 Å². The number of ether oxygens (including phenoxy) is 2. The standard InChI is InChI=1S/C21H25N5O5S2/c1-13(2)15-11-21(3,31-5)18(30-4)17-16(15)19(27)25(33(17,28)29)12-32-20-22-23-24-26(20)14-9-7-6-8-10-14/h6-10,13H,11-12H2,1-5H3. The van der Waals surface area contributed by atoms with Gasteiger partial charge in [-0.1, -0.05) is 49.4 Å². The van der Waals surface area contributed by atoms with E-state index in [0.717, 1.165) is 27.3 Å². The van der Waals surface area contributed by atoms with Crippen molar-refractivity contribution in [3.63, 3.8) is 0 Å². The van der Waals surface area contributed by atoms with Gasteiger partial charge in [-0.25, -0.2) is 12.7 Å². The van der Waals surface area contributed by atoms with E-state index >= 15 is 0 Å². The Morgan fingerprint density at radius 1 is 1.21 bits per heavy atom. The summed E-state index contributed by atoms with van der Waals surface area (Å²) in [5, 5.41) is 12.0. The number of sulfonamides is 1. The molecule has 1 amide bonds. The molecule has 1 atom stereocenters. The molecule has 1 fully saturated rings. The van der Waals surface area contributed by atoms with Crippen molar-refractivity contribution in [2.45, 2.75) is 37.9 Å². The quantitative estimate of drug-likeness (QED) is 0.539. The van der Waals surface area contributed by atoms with E-state index in [1.807, 2.05) is 44.2 Å². The largest absolute Gasteiger partial charge is 0.497 e. The molecule has 1 unspecified atom stereocenters. The van der Waals surface area contributed by atoms with Gasteiger partial charge < -0.3 is 9.47 Å². The molecule has 176 valence electrons. The van der Waals surface area contributed by atoms with Crippen molar-refractivity contribution in [3.8, 4) is 5.69 Å². The lowest BCUT2D eigenvalue weighted by molar-refractivity contribution is -0.121. The Labute approximate surface area is 196 Å². The van der Waals surface area contributed by atoms with Crippen LogP contribution in [0.3, 0.4) is 0 Å². The van der Waals surface area contributed by atoms with Crippen LogP contribution >= 0.6 is 11.8 Å². The average molecular weight is 492 g/mol. The number of para-hydroxylation sites is 1. The van der Waals surface area contributed by atoms with Crippen molar-refractivity contribution < 1.29 is 22.7 Å². The van der Waals surface area contributed by atoms with E-state index < -0.39 is 21.5 Å². The van der Waals surface area contributed by atoms with Crippen molar-refractivity contribution in [1.82, 2.24) is 24.5 Å². The van der Waals surface area contributed by atoms with Crippen LogP contribution in [0.5, 0.6) is 0 Å². The van der Waals surface area contributed by atoms with E-state index in [9.17, 15) is 13.2 Å². The van der Waals surface area contributed by atoms with Gasteiger partial charge in [-0.15, -0.1) is 5.10 Å². The summed E-state index contributed by atoms with van der Waals surface area (Å²) < 4.78 is 40.7. The second kappa shape index (κ2) is 8.58. The molecule has 2 heterocycles. The normalized spacial score (nSPS) is 22.4. The Bertz CT molecular complexity index is 1250. The molecule has 0 saturated carbocycles. The number of benzene rings is 1. The molecule has 0 radical (unpaired) electrons. The van der Waals surface area contributed by atoms with Crippen LogP contribution in [0.4, 0.5) is 0 Å². The van der Waals surface area contributed by atoms with E-state index in [-0.39, 0.29) is 28.0 Å². The summed E-state index contributed by atoms with van der Waals surface area (Å²) in [7, 11) is -1.28. The smallest absolute Gasteiger partial charge is 0.271 e. The third kappa shape index (κ3) is 3.75. The SMILES string of the molecule is COC1=C2C(=C(C(C)C)CC1(C)OC)C(=O)N(CSc1nnnn1-c1ccccc1)S2(=O)=O. The molecule has 2 aromatic rings. The molecule has 0 spiro atoms.